The van der Waals surface area contributed by atoms with Crippen LogP contribution >= 0.6 is 27.3 Å². The molecule has 1 amide bonds. The molecule has 0 saturated carbocycles. The predicted octanol–water partition coefficient (Wildman–Crippen LogP) is 3.33. The second kappa shape index (κ2) is 4.16. The molecule has 2 aromatic rings. The van der Waals surface area contributed by atoms with Gasteiger partial charge in [0, 0.05) is 9.85 Å². The Morgan fingerprint density at radius 1 is 1.35 bits per heavy atom. The Hall–Kier alpha value is -1.33. The zero-order valence-electron chi connectivity index (χ0n) is 8.64. The molecular formula is C12H8BrNO2S. The first-order valence-corrected chi connectivity index (χ1v) is 6.72. The van der Waals surface area contributed by atoms with E-state index in [2.05, 4.69) is 21.2 Å². The van der Waals surface area contributed by atoms with Gasteiger partial charge in [-0.05, 0) is 34.1 Å². The first-order chi connectivity index (χ1) is 8.24. The average molecular weight is 310 g/mol. The van der Waals surface area contributed by atoms with Crippen LogP contribution in [-0.2, 0) is 0 Å². The van der Waals surface area contributed by atoms with Crippen molar-refractivity contribution in [3.63, 3.8) is 0 Å². The van der Waals surface area contributed by atoms with Crippen molar-refractivity contribution in [1.29, 1.82) is 0 Å². The second-order valence-corrected chi connectivity index (χ2v) is 5.49. The van der Waals surface area contributed by atoms with E-state index in [1.807, 2.05) is 29.6 Å². The third kappa shape index (κ3) is 1.96. The van der Waals surface area contributed by atoms with E-state index in [1.165, 1.54) is 0 Å². The number of hydrogen-bond acceptors (Lipinski definition) is 3. The molecule has 17 heavy (non-hydrogen) atoms. The summed E-state index contributed by atoms with van der Waals surface area (Å²) in [5.41, 5.74) is 0.583. The molecule has 86 valence electrons. The lowest BCUT2D eigenvalue weighted by atomic mass is 10.1. The highest BCUT2D eigenvalue weighted by molar-refractivity contribution is 9.10. The molecule has 0 aliphatic carbocycles. The van der Waals surface area contributed by atoms with E-state index in [4.69, 9.17) is 4.74 Å². The number of hydrogen-bond donors (Lipinski definition) is 1. The maximum absolute atomic E-state index is 11.9. The molecule has 0 spiro atoms. The summed E-state index contributed by atoms with van der Waals surface area (Å²) in [6.07, 6.45) is -0.395. The maximum atomic E-state index is 11.9. The normalized spacial score (nSPS) is 18.2. The standard InChI is InChI=1S/C12H8BrNO2S/c13-7-5-10(17-6-7)12-14-11(15)8-3-1-2-4-9(8)16-12/h1-6,12H,(H,14,15)/t12-/m0/s1. The topological polar surface area (TPSA) is 38.3 Å². The molecule has 0 bridgehead atoms. The summed E-state index contributed by atoms with van der Waals surface area (Å²) < 4.78 is 6.75. The van der Waals surface area contributed by atoms with Crippen molar-refractivity contribution in [3.8, 4) is 5.75 Å². The molecule has 2 heterocycles. The summed E-state index contributed by atoms with van der Waals surface area (Å²) in [6, 6.07) is 9.20. The summed E-state index contributed by atoms with van der Waals surface area (Å²) in [5.74, 6) is 0.534. The van der Waals surface area contributed by atoms with Gasteiger partial charge < -0.3 is 10.1 Å². The zero-order valence-corrected chi connectivity index (χ0v) is 11.0. The van der Waals surface area contributed by atoms with Gasteiger partial charge in [-0.15, -0.1) is 11.3 Å². The van der Waals surface area contributed by atoms with E-state index in [0.29, 0.717) is 11.3 Å². The summed E-state index contributed by atoms with van der Waals surface area (Å²) in [6.45, 7) is 0. The van der Waals surface area contributed by atoms with Gasteiger partial charge >= 0.3 is 0 Å². The van der Waals surface area contributed by atoms with Gasteiger partial charge in [-0.2, -0.15) is 0 Å². The van der Waals surface area contributed by atoms with Crippen LogP contribution in [0, 0.1) is 0 Å². The van der Waals surface area contributed by atoms with Crippen LogP contribution in [0.4, 0.5) is 0 Å². The molecular weight excluding hydrogens is 302 g/mol. The molecule has 0 saturated heterocycles. The van der Waals surface area contributed by atoms with Crippen LogP contribution < -0.4 is 10.1 Å². The largest absolute Gasteiger partial charge is 0.465 e. The number of para-hydroxylation sites is 1. The van der Waals surface area contributed by atoms with Gasteiger partial charge in [0.25, 0.3) is 5.91 Å². The Balaban J connectivity index is 1.96. The van der Waals surface area contributed by atoms with E-state index < -0.39 is 6.23 Å². The van der Waals surface area contributed by atoms with E-state index in [-0.39, 0.29) is 5.91 Å². The van der Waals surface area contributed by atoms with Crippen molar-refractivity contribution in [1.82, 2.24) is 5.32 Å². The highest BCUT2D eigenvalue weighted by atomic mass is 79.9. The molecule has 3 rings (SSSR count). The molecule has 1 aromatic heterocycles. The Morgan fingerprint density at radius 2 is 2.18 bits per heavy atom. The fraction of sp³-hybridized carbons (Fsp3) is 0.0833. The summed E-state index contributed by atoms with van der Waals surface area (Å²) in [7, 11) is 0. The van der Waals surface area contributed by atoms with Crippen LogP contribution in [-0.4, -0.2) is 5.91 Å². The number of rotatable bonds is 1. The molecule has 1 N–H and O–H groups in total. The molecule has 0 unspecified atom stereocenters. The number of nitrogens with one attached hydrogen (secondary N) is 1. The van der Waals surface area contributed by atoms with Crippen LogP contribution in [0.15, 0.2) is 40.2 Å². The van der Waals surface area contributed by atoms with Crippen molar-refractivity contribution >= 4 is 33.2 Å². The van der Waals surface area contributed by atoms with E-state index in [1.54, 1.807) is 17.4 Å². The maximum Gasteiger partial charge on any atom is 0.258 e. The third-order valence-corrected chi connectivity index (χ3v) is 4.22. The number of amides is 1. The van der Waals surface area contributed by atoms with E-state index in [0.717, 1.165) is 9.35 Å². The highest BCUT2D eigenvalue weighted by Gasteiger charge is 2.26. The lowest BCUT2D eigenvalue weighted by Gasteiger charge is -2.25. The monoisotopic (exact) mass is 309 g/mol. The van der Waals surface area contributed by atoms with Gasteiger partial charge in [0.2, 0.25) is 6.23 Å². The number of fused-ring (bicyclic) bond motifs is 1. The van der Waals surface area contributed by atoms with Crippen LogP contribution in [0.25, 0.3) is 0 Å². The number of carbonyl (C=O) groups is 1. The molecule has 1 aliphatic rings. The minimum atomic E-state index is -0.395. The number of benzene rings is 1. The lowest BCUT2D eigenvalue weighted by Crippen LogP contribution is -2.36. The summed E-state index contributed by atoms with van der Waals surface area (Å²) >= 11 is 4.93. The van der Waals surface area contributed by atoms with Gasteiger partial charge in [0.1, 0.15) is 5.75 Å². The Labute approximate surface area is 111 Å². The first-order valence-electron chi connectivity index (χ1n) is 5.04. The summed E-state index contributed by atoms with van der Waals surface area (Å²) in [4.78, 5) is 12.8. The number of halogens is 1. The molecule has 5 heteroatoms. The summed E-state index contributed by atoms with van der Waals surface area (Å²) in [5, 5.41) is 4.79. The molecule has 3 nitrogen and oxygen atoms in total. The molecule has 0 radical (unpaired) electrons. The van der Waals surface area contributed by atoms with Crippen molar-refractivity contribution < 1.29 is 9.53 Å². The lowest BCUT2D eigenvalue weighted by molar-refractivity contribution is 0.0762. The SMILES string of the molecule is O=C1N[C@H](c2cc(Br)cs2)Oc2ccccc21. The van der Waals surface area contributed by atoms with Crippen molar-refractivity contribution in [2.45, 2.75) is 6.23 Å². The first kappa shape index (κ1) is 10.8. The van der Waals surface area contributed by atoms with Gasteiger partial charge in [-0.1, -0.05) is 12.1 Å². The Morgan fingerprint density at radius 3 is 2.94 bits per heavy atom. The van der Waals surface area contributed by atoms with Crippen molar-refractivity contribution in [2.75, 3.05) is 0 Å². The van der Waals surface area contributed by atoms with Crippen molar-refractivity contribution in [3.05, 3.63) is 50.6 Å². The van der Waals surface area contributed by atoms with E-state index in [9.17, 15) is 4.79 Å². The molecule has 1 atom stereocenters. The van der Waals surface area contributed by atoms with Gasteiger partial charge in [0.05, 0.1) is 10.4 Å². The molecule has 0 fully saturated rings. The minimum absolute atomic E-state index is 0.0960. The quantitative estimate of drug-likeness (QED) is 0.877. The number of thiophene rings is 1. The fourth-order valence-electron chi connectivity index (χ4n) is 1.71. The molecule has 1 aromatic carbocycles. The highest BCUT2D eigenvalue weighted by Crippen LogP contribution is 2.32. The van der Waals surface area contributed by atoms with Gasteiger partial charge in [-0.25, -0.2) is 0 Å². The van der Waals surface area contributed by atoms with Crippen molar-refractivity contribution in [2.24, 2.45) is 0 Å². The van der Waals surface area contributed by atoms with Gasteiger partial charge in [0.15, 0.2) is 0 Å². The predicted molar refractivity (Wildman–Crippen MR) is 69.3 cm³/mol. The van der Waals surface area contributed by atoms with Crippen LogP contribution in [0.2, 0.25) is 0 Å². The number of ether oxygens (including phenoxy) is 1. The third-order valence-electron chi connectivity index (χ3n) is 2.48. The Bertz CT molecular complexity index is 581. The Kier molecular flexibility index (Phi) is 2.64. The second-order valence-electron chi connectivity index (χ2n) is 3.63. The zero-order chi connectivity index (χ0) is 11.8. The van der Waals surface area contributed by atoms with E-state index >= 15 is 0 Å². The fourth-order valence-corrected chi connectivity index (χ4v) is 3.13. The minimum Gasteiger partial charge on any atom is -0.465 e. The van der Waals surface area contributed by atoms with Crippen LogP contribution in [0.1, 0.15) is 21.5 Å². The average Bonchev–Trinajstić information content (AvgIpc) is 2.76. The van der Waals surface area contributed by atoms with Gasteiger partial charge in [-0.3, -0.25) is 4.79 Å². The number of carbonyl (C=O) groups excluding carboxylic acids is 1. The smallest absolute Gasteiger partial charge is 0.258 e. The van der Waals surface area contributed by atoms with Crippen LogP contribution in [0.5, 0.6) is 5.75 Å². The van der Waals surface area contributed by atoms with Crippen LogP contribution in [0.3, 0.4) is 0 Å². The molecule has 1 aliphatic heterocycles.